The van der Waals surface area contributed by atoms with E-state index in [0.29, 0.717) is 0 Å². The van der Waals surface area contributed by atoms with Gasteiger partial charge in [-0.2, -0.15) is 4.31 Å². The van der Waals surface area contributed by atoms with Gasteiger partial charge in [0.05, 0.1) is 10.6 Å². The van der Waals surface area contributed by atoms with Crippen LogP contribution in [0.4, 0.5) is 5.69 Å². The van der Waals surface area contributed by atoms with Gasteiger partial charge in [0.2, 0.25) is 10.0 Å². The Morgan fingerprint density at radius 3 is 2.05 bits per heavy atom. The molecule has 0 unspecified atom stereocenters. The van der Waals surface area contributed by atoms with Gasteiger partial charge in [0.25, 0.3) is 0 Å². The van der Waals surface area contributed by atoms with Crippen molar-refractivity contribution < 1.29 is 16.8 Å². The van der Waals surface area contributed by atoms with Gasteiger partial charge >= 0.3 is 0 Å². The highest BCUT2D eigenvalue weighted by Gasteiger charge is 2.21. The minimum absolute atomic E-state index is 0.0606. The number of rotatable bonds is 6. The van der Waals surface area contributed by atoms with Gasteiger partial charge in [-0.25, -0.2) is 16.8 Å². The second-order valence-electron chi connectivity index (χ2n) is 4.23. The second kappa shape index (κ2) is 5.89. The van der Waals surface area contributed by atoms with Crippen LogP contribution in [0.15, 0.2) is 29.2 Å². The first-order valence-electron chi connectivity index (χ1n) is 5.59. The van der Waals surface area contributed by atoms with Gasteiger partial charge in [-0.3, -0.25) is 0 Å². The molecule has 0 saturated carbocycles. The average molecular weight is 306 g/mol. The van der Waals surface area contributed by atoms with E-state index in [1.807, 2.05) is 0 Å². The van der Waals surface area contributed by atoms with Crippen molar-refractivity contribution >= 4 is 25.5 Å². The molecule has 0 aliphatic carbocycles. The van der Waals surface area contributed by atoms with Crippen LogP contribution in [0.1, 0.15) is 0 Å². The van der Waals surface area contributed by atoms with Crippen LogP contribution in [-0.2, 0) is 19.9 Å². The highest BCUT2D eigenvalue weighted by atomic mass is 32.2. The molecule has 19 heavy (non-hydrogen) atoms. The van der Waals surface area contributed by atoms with Crippen LogP contribution in [0.5, 0.6) is 0 Å². The number of sulfonamides is 1. The number of hydrogen-bond donors (Lipinski definition) is 1. The summed E-state index contributed by atoms with van der Waals surface area (Å²) in [6.07, 6.45) is 1.08. The van der Waals surface area contributed by atoms with E-state index in [-0.39, 0.29) is 17.2 Å². The lowest BCUT2D eigenvalue weighted by molar-refractivity contribution is 0.485. The van der Waals surface area contributed by atoms with Crippen LogP contribution >= 0.6 is 0 Å². The summed E-state index contributed by atoms with van der Waals surface area (Å²) < 4.78 is 47.5. The standard InChI is InChI=1S/C11H18N2O4S2/c1-12-10-4-6-11(7-5-10)19(16,17)13(2)8-9-18(3,14)15/h4-7,12H,8-9H2,1-3H3. The summed E-state index contributed by atoms with van der Waals surface area (Å²) in [4.78, 5) is 0.141. The zero-order chi connectivity index (χ0) is 14.7. The molecule has 0 aliphatic heterocycles. The van der Waals surface area contributed by atoms with Crippen LogP contribution in [-0.4, -0.2) is 53.8 Å². The molecular weight excluding hydrogens is 288 g/mol. The SMILES string of the molecule is CNc1ccc(S(=O)(=O)N(C)CCS(C)(=O)=O)cc1. The maximum absolute atomic E-state index is 12.2. The smallest absolute Gasteiger partial charge is 0.242 e. The number of hydrogen-bond acceptors (Lipinski definition) is 5. The fourth-order valence-corrected chi connectivity index (χ4v) is 3.28. The third-order valence-electron chi connectivity index (χ3n) is 2.63. The van der Waals surface area contributed by atoms with E-state index in [1.54, 1.807) is 19.2 Å². The largest absolute Gasteiger partial charge is 0.388 e. The van der Waals surface area contributed by atoms with E-state index < -0.39 is 19.9 Å². The van der Waals surface area contributed by atoms with E-state index in [1.165, 1.54) is 19.2 Å². The van der Waals surface area contributed by atoms with Crippen molar-refractivity contribution in [3.05, 3.63) is 24.3 Å². The zero-order valence-corrected chi connectivity index (χ0v) is 12.8. The quantitative estimate of drug-likeness (QED) is 0.822. The average Bonchev–Trinajstić information content (AvgIpc) is 2.35. The number of benzene rings is 1. The van der Waals surface area contributed by atoms with Gasteiger partial charge in [-0.05, 0) is 24.3 Å². The van der Waals surface area contributed by atoms with Crippen LogP contribution < -0.4 is 5.32 Å². The topological polar surface area (TPSA) is 83.6 Å². The third-order valence-corrected chi connectivity index (χ3v) is 5.42. The van der Waals surface area contributed by atoms with Crippen molar-refractivity contribution in [2.75, 3.05) is 38.0 Å². The predicted octanol–water partition coefficient (Wildman–Crippen LogP) is 0.393. The Hall–Kier alpha value is -1.12. The molecular formula is C11H18N2O4S2. The Kier molecular flexibility index (Phi) is 4.94. The summed E-state index contributed by atoms with van der Waals surface area (Å²) in [5, 5.41) is 2.89. The van der Waals surface area contributed by atoms with Crippen LogP contribution in [0.2, 0.25) is 0 Å². The first-order valence-corrected chi connectivity index (χ1v) is 9.09. The minimum Gasteiger partial charge on any atom is -0.388 e. The van der Waals surface area contributed by atoms with Crippen molar-refractivity contribution in [1.29, 1.82) is 0 Å². The molecule has 0 heterocycles. The Bertz CT molecular complexity index is 621. The number of sulfone groups is 1. The Morgan fingerprint density at radius 1 is 1.11 bits per heavy atom. The highest BCUT2D eigenvalue weighted by Crippen LogP contribution is 2.17. The van der Waals surface area contributed by atoms with Gasteiger partial charge in [0.15, 0.2) is 0 Å². The molecule has 0 saturated heterocycles. The Labute approximate surface area is 114 Å². The molecule has 1 aromatic carbocycles. The van der Waals surface area contributed by atoms with Crippen molar-refractivity contribution in [1.82, 2.24) is 4.31 Å². The highest BCUT2D eigenvalue weighted by molar-refractivity contribution is 7.91. The lowest BCUT2D eigenvalue weighted by Crippen LogP contribution is -2.31. The molecule has 0 radical (unpaired) electrons. The van der Waals surface area contributed by atoms with Crippen LogP contribution in [0.25, 0.3) is 0 Å². The summed E-state index contributed by atoms with van der Waals surface area (Å²) in [7, 11) is -3.73. The lowest BCUT2D eigenvalue weighted by Gasteiger charge is -2.16. The van der Waals surface area contributed by atoms with Gasteiger partial charge in [0, 0.05) is 32.6 Å². The predicted molar refractivity (Wildman–Crippen MR) is 75.5 cm³/mol. The fraction of sp³-hybridized carbons (Fsp3) is 0.455. The fourth-order valence-electron chi connectivity index (χ4n) is 1.39. The summed E-state index contributed by atoms with van der Waals surface area (Å²) in [5.41, 5.74) is 0.803. The van der Waals surface area contributed by atoms with Gasteiger partial charge in [-0.15, -0.1) is 0 Å². The molecule has 0 bridgehead atoms. The number of nitrogens with one attached hydrogen (secondary N) is 1. The van der Waals surface area contributed by atoms with Crippen LogP contribution in [0.3, 0.4) is 0 Å². The van der Waals surface area contributed by atoms with E-state index >= 15 is 0 Å². The minimum atomic E-state index is -3.65. The summed E-state index contributed by atoms with van der Waals surface area (Å²) in [6.45, 7) is -0.0606. The number of anilines is 1. The molecule has 8 heteroatoms. The summed E-state index contributed by atoms with van der Waals surface area (Å²) in [6, 6.07) is 6.27. The lowest BCUT2D eigenvalue weighted by atomic mass is 10.3. The van der Waals surface area contributed by atoms with E-state index in [2.05, 4.69) is 5.32 Å². The molecule has 0 atom stereocenters. The number of nitrogens with zero attached hydrogens (tertiary/aromatic N) is 1. The monoisotopic (exact) mass is 306 g/mol. The zero-order valence-electron chi connectivity index (χ0n) is 11.1. The molecule has 0 spiro atoms. The molecule has 0 aromatic heterocycles. The first kappa shape index (κ1) is 15.9. The molecule has 6 nitrogen and oxygen atoms in total. The molecule has 1 aromatic rings. The van der Waals surface area contributed by atoms with Gasteiger partial charge < -0.3 is 5.32 Å². The Morgan fingerprint density at radius 2 is 1.63 bits per heavy atom. The third kappa shape index (κ3) is 4.48. The molecule has 1 N–H and O–H groups in total. The van der Waals surface area contributed by atoms with E-state index in [9.17, 15) is 16.8 Å². The molecule has 0 fully saturated rings. The van der Waals surface area contributed by atoms with E-state index in [0.717, 1.165) is 16.2 Å². The second-order valence-corrected chi connectivity index (χ2v) is 8.54. The Balaban J connectivity index is 2.90. The maximum atomic E-state index is 12.2. The first-order chi connectivity index (χ1) is 8.66. The summed E-state index contributed by atoms with van der Waals surface area (Å²) in [5.74, 6) is -0.197. The molecule has 0 amide bonds. The maximum Gasteiger partial charge on any atom is 0.242 e. The van der Waals surface area contributed by atoms with Crippen molar-refractivity contribution in [2.45, 2.75) is 4.90 Å². The van der Waals surface area contributed by atoms with Gasteiger partial charge in [-0.1, -0.05) is 0 Å². The van der Waals surface area contributed by atoms with Crippen molar-refractivity contribution in [3.63, 3.8) is 0 Å². The van der Waals surface area contributed by atoms with Crippen LogP contribution in [0, 0.1) is 0 Å². The molecule has 108 valence electrons. The summed E-state index contributed by atoms with van der Waals surface area (Å²) >= 11 is 0. The molecule has 1 rings (SSSR count). The van der Waals surface area contributed by atoms with Crippen molar-refractivity contribution in [3.8, 4) is 0 Å². The van der Waals surface area contributed by atoms with Crippen molar-refractivity contribution in [2.24, 2.45) is 0 Å². The van der Waals surface area contributed by atoms with Gasteiger partial charge in [0.1, 0.15) is 9.84 Å². The molecule has 0 aliphatic rings. The normalized spacial score (nSPS) is 12.6. The van der Waals surface area contributed by atoms with E-state index in [4.69, 9.17) is 0 Å².